The summed E-state index contributed by atoms with van der Waals surface area (Å²) in [4.78, 5) is 2.41. The molecule has 1 N–H and O–H groups in total. The maximum absolute atomic E-state index is 5.79. The first-order valence-corrected chi connectivity index (χ1v) is 9.38. The maximum Gasteiger partial charge on any atom is 0.119 e. The molecule has 1 saturated heterocycles. The third-order valence-corrected chi connectivity index (χ3v) is 4.84. The second-order valence-corrected chi connectivity index (χ2v) is 7.32. The molecule has 25 heavy (non-hydrogen) atoms. The molecule has 1 aliphatic rings. The van der Waals surface area contributed by atoms with Crippen molar-refractivity contribution in [2.24, 2.45) is 0 Å². The lowest BCUT2D eigenvalue weighted by atomic mass is 9.95. The van der Waals surface area contributed by atoms with E-state index >= 15 is 0 Å². The summed E-state index contributed by atoms with van der Waals surface area (Å²) in [5.74, 6) is 0.935. The van der Waals surface area contributed by atoms with Crippen LogP contribution in [-0.4, -0.2) is 37.2 Å². The Bertz CT molecular complexity index is 631. The maximum atomic E-state index is 5.79. The van der Waals surface area contributed by atoms with E-state index in [9.17, 15) is 0 Å². The van der Waals surface area contributed by atoms with Gasteiger partial charge in [-0.15, -0.1) is 0 Å². The van der Waals surface area contributed by atoms with Crippen LogP contribution in [0.15, 0.2) is 54.6 Å². The molecule has 0 radical (unpaired) electrons. The first-order valence-electron chi connectivity index (χ1n) is 9.38. The minimum atomic E-state index is 0.202. The molecule has 134 valence electrons. The minimum absolute atomic E-state index is 0.202. The van der Waals surface area contributed by atoms with E-state index in [0.717, 1.165) is 5.75 Å². The van der Waals surface area contributed by atoms with Crippen molar-refractivity contribution in [3.8, 4) is 5.75 Å². The van der Waals surface area contributed by atoms with Crippen LogP contribution in [0, 0.1) is 0 Å². The highest BCUT2D eigenvalue weighted by molar-refractivity contribution is 5.35. The monoisotopic (exact) mass is 338 g/mol. The fourth-order valence-electron chi connectivity index (χ4n) is 3.45. The molecule has 0 aromatic heterocycles. The number of hydrogen-bond donors (Lipinski definition) is 1. The van der Waals surface area contributed by atoms with Crippen LogP contribution in [0.5, 0.6) is 5.75 Å². The summed E-state index contributed by atoms with van der Waals surface area (Å²) >= 11 is 0. The highest BCUT2D eigenvalue weighted by Gasteiger charge is 2.22. The van der Waals surface area contributed by atoms with Crippen LogP contribution in [0.4, 0.5) is 0 Å². The molecule has 0 spiro atoms. The smallest absolute Gasteiger partial charge is 0.119 e. The van der Waals surface area contributed by atoms with Crippen LogP contribution in [0.1, 0.15) is 43.9 Å². The second kappa shape index (κ2) is 8.50. The van der Waals surface area contributed by atoms with Crippen molar-refractivity contribution in [2.75, 3.05) is 20.1 Å². The van der Waals surface area contributed by atoms with Crippen molar-refractivity contribution in [2.45, 2.75) is 44.9 Å². The lowest BCUT2D eigenvalue weighted by molar-refractivity contribution is 0.229. The van der Waals surface area contributed by atoms with E-state index in [4.69, 9.17) is 4.74 Å². The van der Waals surface area contributed by atoms with Gasteiger partial charge in [0.05, 0.1) is 12.1 Å². The van der Waals surface area contributed by atoms with E-state index in [-0.39, 0.29) is 12.1 Å². The first-order chi connectivity index (χ1) is 12.1. The van der Waals surface area contributed by atoms with Crippen molar-refractivity contribution in [3.05, 3.63) is 65.7 Å². The van der Waals surface area contributed by atoms with Gasteiger partial charge in [-0.2, -0.15) is 0 Å². The Morgan fingerprint density at radius 1 is 0.920 bits per heavy atom. The second-order valence-electron chi connectivity index (χ2n) is 7.32. The van der Waals surface area contributed by atoms with Gasteiger partial charge in [-0.1, -0.05) is 42.5 Å². The van der Waals surface area contributed by atoms with Gasteiger partial charge in [-0.25, -0.2) is 0 Å². The van der Waals surface area contributed by atoms with E-state index in [0.29, 0.717) is 6.04 Å². The molecule has 0 bridgehead atoms. The molecule has 3 heteroatoms. The Hall–Kier alpha value is -1.84. The van der Waals surface area contributed by atoms with Crippen LogP contribution in [0.2, 0.25) is 0 Å². The van der Waals surface area contributed by atoms with Crippen LogP contribution < -0.4 is 10.1 Å². The van der Waals surface area contributed by atoms with Gasteiger partial charge in [0.2, 0.25) is 0 Å². The van der Waals surface area contributed by atoms with E-state index in [2.05, 4.69) is 85.7 Å². The van der Waals surface area contributed by atoms with Gasteiger partial charge in [0, 0.05) is 6.04 Å². The number of benzene rings is 2. The van der Waals surface area contributed by atoms with E-state index in [1.807, 2.05) is 0 Å². The van der Waals surface area contributed by atoms with Crippen molar-refractivity contribution in [3.63, 3.8) is 0 Å². The Labute approximate surface area is 152 Å². The van der Waals surface area contributed by atoms with Crippen LogP contribution in [0.3, 0.4) is 0 Å². The average molecular weight is 338 g/mol. The largest absolute Gasteiger partial charge is 0.491 e. The normalized spacial score (nSPS) is 17.6. The van der Waals surface area contributed by atoms with Crippen LogP contribution in [-0.2, 0) is 0 Å². The summed E-state index contributed by atoms with van der Waals surface area (Å²) in [6.45, 7) is 6.45. The van der Waals surface area contributed by atoms with Crippen molar-refractivity contribution < 1.29 is 4.74 Å². The summed E-state index contributed by atoms with van der Waals surface area (Å²) in [6, 6.07) is 20.1. The third-order valence-electron chi connectivity index (χ3n) is 4.84. The van der Waals surface area contributed by atoms with Crippen LogP contribution in [0.25, 0.3) is 0 Å². The predicted molar refractivity (Wildman–Crippen MR) is 104 cm³/mol. The molecule has 1 atom stereocenters. The zero-order chi connectivity index (χ0) is 17.6. The molecule has 2 aromatic carbocycles. The van der Waals surface area contributed by atoms with Crippen molar-refractivity contribution >= 4 is 0 Å². The van der Waals surface area contributed by atoms with Gasteiger partial charge in [-0.05, 0) is 70.1 Å². The predicted octanol–water partition coefficient (Wildman–Crippen LogP) is 4.25. The highest BCUT2D eigenvalue weighted by Crippen LogP contribution is 2.26. The summed E-state index contributed by atoms with van der Waals surface area (Å²) in [5.41, 5.74) is 2.61. The van der Waals surface area contributed by atoms with Gasteiger partial charge in [-0.3, -0.25) is 0 Å². The number of ether oxygens (including phenoxy) is 1. The summed E-state index contributed by atoms with van der Waals surface area (Å²) in [5, 5.41) is 3.90. The topological polar surface area (TPSA) is 24.5 Å². The Morgan fingerprint density at radius 3 is 2.12 bits per heavy atom. The lowest BCUT2D eigenvalue weighted by Gasteiger charge is -2.33. The molecule has 0 saturated carbocycles. The Morgan fingerprint density at radius 2 is 1.52 bits per heavy atom. The Balaban J connectivity index is 1.79. The average Bonchev–Trinajstić information content (AvgIpc) is 2.62. The van der Waals surface area contributed by atoms with Gasteiger partial charge in [0.1, 0.15) is 5.75 Å². The molecule has 2 aromatic rings. The highest BCUT2D eigenvalue weighted by atomic mass is 16.5. The number of likely N-dealkylation sites (tertiary alicyclic amines) is 1. The first kappa shape index (κ1) is 18.0. The summed E-state index contributed by atoms with van der Waals surface area (Å²) in [7, 11) is 2.21. The number of hydrogen-bond acceptors (Lipinski definition) is 3. The molecule has 1 aliphatic heterocycles. The molecule has 0 aliphatic carbocycles. The summed E-state index contributed by atoms with van der Waals surface area (Å²) < 4.78 is 5.79. The van der Waals surface area contributed by atoms with E-state index in [1.165, 1.54) is 37.1 Å². The summed E-state index contributed by atoms with van der Waals surface area (Å²) in [6.07, 6.45) is 2.61. The molecular formula is C22H30N2O. The Kier molecular flexibility index (Phi) is 6.11. The molecular weight excluding hydrogens is 308 g/mol. The van der Waals surface area contributed by atoms with Gasteiger partial charge >= 0.3 is 0 Å². The minimum Gasteiger partial charge on any atom is -0.491 e. The number of nitrogens with zero attached hydrogens (tertiary/aromatic N) is 1. The SMILES string of the molecule is CC(C)Oc1ccc([C@H](NC2CCN(C)CC2)c2ccccc2)cc1. The molecule has 1 fully saturated rings. The van der Waals surface area contributed by atoms with Crippen LogP contribution >= 0.6 is 0 Å². The number of piperidine rings is 1. The fraction of sp³-hybridized carbons (Fsp3) is 0.455. The van der Waals surface area contributed by atoms with E-state index in [1.54, 1.807) is 0 Å². The number of rotatable bonds is 6. The molecule has 0 unspecified atom stereocenters. The fourth-order valence-corrected chi connectivity index (χ4v) is 3.45. The molecule has 0 amide bonds. The van der Waals surface area contributed by atoms with Crippen molar-refractivity contribution in [1.29, 1.82) is 0 Å². The molecule has 3 nitrogen and oxygen atoms in total. The zero-order valence-corrected chi connectivity index (χ0v) is 15.6. The quantitative estimate of drug-likeness (QED) is 0.852. The molecule has 1 heterocycles. The third kappa shape index (κ3) is 5.07. The van der Waals surface area contributed by atoms with Gasteiger partial charge in [0.15, 0.2) is 0 Å². The standard InChI is InChI=1S/C22H30N2O/c1-17(2)25-21-11-9-19(10-12-21)22(18-7-5-4-6-8-18)23-20-13-15-24(3)16-14-20/h4-12,17,20,22-23H,13-16H2,1-3H3/t22-/m1/s1. The van der Waals surface area contributed by atoms with Gasteiger partial charge < -0.3 is 15.0 Å². The lowest BCUT2D eigenvalue weighted by Crippen LogP contribution is -2.42. The molecule has 3 rings (SSSR count). The van der Waals surface area contributed by atoms with E-state index < -0.39 is 0 Å². The van der Waals surface area contributed by atoms with Crippen molar-refractivity contribution in [1.82, 2.24) is 10.2 Å². The number of nitrogens with one attached hydrogen (secondary N) is 1. The zero-order valence-electron chi connectivity index (χ0n) is 15.6. The van der Waals surface area contributed by atoms with Gasteiger partial charge in [0.25, 0.3) is 0 Å².